The number of carbonyl (C=O) groups is 1. The van der Waals surface area contributed by atoms with Gasteiger partial charge < -0.3 is 0 Å². The summed E-state index contributed by atoms with van der Waals surface area (Å²) in [4.78, 5) is 16.6. The molecule has 0 bridgehead atoms. The van der Waals surface area contributed by atoms with Gasteiger partial charge in [0.1, 0.15) is 5.15 Å². The lowest BCUT2D eigenvalue weighted by Crippen LogP contribution is -2.02. The van der Waals surface area contributed by atoms with Crippen LogP contribution in [0.4, 0.5) is 5.69 Å². The van der Waals surface area contributed by atoms with Gasteiger partial charge in [-0.3, -0.25) is 4.79 Å². The maximum atomic E-state index is 12.6. The number of carbonyl (C=O) groups excluding carboxylic acids is 1. The zero-order valence-corrected chi connectivity index (χ0v) is 19.3. The first-order valence-corrected chi connectivity index (χ1v) is 11.4. The van der Waals surface area contributed by atoms with Crippen LogP contribution in [0.5, 0.6) is 0 Å². The molecule has 0 saturated heterocycles. The summed E-state index contributed by atoms with van der Waals surface area (Å²) < 4.78 is 0. The van der Waals surface area contributed by atoms with Crippen LogP contribution in [0.25, 0.3) is 0 Å². The minimum Gasteiger partial charge on any atom is -0.289 e. The van der Waals surface area contributed by atoms with Crippen LogP contribution in [0.3, 0.4) is 0 Å². The molecule has 0 atom stereocenters. The Kier molecular flexibility index (Phi) is 7.61. The molecule has 1 aromatic heterocycles. The number of nitrogens with zero attached hydrogens (tertiary/aromatic N) is 3. The van der Waals surface area contributed by atoms with E-state index in [2.05, 4.69) is 15.2 Å². The molecular weight excluding hydrogens is 453 g/mol. The Labute approximate surface area is 202 Å². The van der Waals surface area contributed by atoms with Crippen LogP contribution in [-0.2, 0) is 18.8 Å². The highest BCUT2D eigenvalue weighted by molar-refractivity contribution is 6.29. The lowest BCUT2D eigenvalue weighted by Gasteiger charge is -2.09. The Morgan fingerprint density at radius 2 is 1.58 bits per heavy atom. The second-order valence-corrected chi connectivity index (χ2v) is 8.20. The molecular formula is C27H21Cl2N3O. The number of hydrogen-bond donors (Lipinski definition) is 0. The summed E-state index contributed by atoms with van der Waals surface area (Å²) in [7, 11) is 0. The lowest BCUT2D eigenvalue weighted by molar-refractivity contribution is 0.103. The molecule has 6 heteroatoms. The highest BCUT2D eigenvalue weighted by Crippen LogP contribution is 2.24. The van der Waals surface area contributed by atoms with Crippen molar-refractivity contribution in [2.45, 2.75) is 18.8 Å². The van der Waals surface area contributed by atoms with Gasteiger partial charge in [-0.2, -0.15) is 10.2 Å². The number of azo groups is 1. The van der Waals surface area contributed by atoms with E-state index in [0.29, 0.717) is 35.1 Å². The molecule has 0 amide bonds. The Morgan fingerprint density at radius 1 is 0.818 bits per heavy atom. The monoisotopic (exact) mass is 473 g/mol. The lowest BCUT2D eigenvalue weighted by atomic mass is 9.97. The van der Waals surface area contributed by atoms with Crippen molar-refractivity contribution in [3.05, 3.63) is 130 Å². The van der Waals surface area contributed by atoms with E-state index < -0.39 is 0 Å². The summed E-state index contributed by atoms with van der Waals surface area (Å²) in [6, 6.07) is 26.8. The minimum absolute atomic E-state index is 0.0858. The standard InChI is InChI=1S/C27H21Cl2N3O/c28-16-24-15-25(32-31-17-20-4-2-1-3-5-20)12-10-22(24)14-19-6-8-21(9-7-19)27(33)23-11-13-26(29)30-18-23/h1-13,15,18H,14,16-17H2. The normalized spacial score (nSPS) is 11.1. The molecule has 0 spiro atoms. The third kappa shape index (κ3) is 6.13. The molecule has 0 saturated carbocycles. The van der Waals surface area contributed by atoms with Gasteiger partial charge in [-0.05, 0) is 52.9 Å². The quantitative estimate of drug-likeness (QED) is 0.114. The van der Waals surface area contributed by atoms with Crippen LogP contribution >= 0.6 is 23.2 Å². The number of rotatable bonds is 8. The molecule has 1 heterocycles. The van der Waals surface area contributed by atoms with Gasteiger partial charge in [0.05, 0.1) is 12.2 Å². The molecule has 0 N–H and O–H groups in total. The Balaban J connectivity index is 1.43. The number of pyridine rings is 1. The number of halogens is 2. The summed E-state index contributed by atoms with van der Waals surface area (Å²) in [5, 5.41) is 9.00. The van der Waals surface area contributed by atoms with Crippen LogP contribution in [0.15, 0.2) is 101 Å². The predicted octanol–water partition coefficient (Wildman–Crippen LogP) is 7.58. The summed E-state index contributed by atoms with van der Waals surface area (Å²) in [5.41, 5.74) is 6.23. The van der Waals surface area contributed by atoms with Crippen LogP contribution in [-0.4, -0.2) is 10.8 Å². The zero-order chi connectivity index (χ0) is 23.0. The molecule has 0 radical (unpaired) electrons. The third-order valence-corrected chi connectivity index (χ3v) is 5.73. The molecule has 4 aromatic rings. The highest BCUT2D eigenvalue weighted by atomic mass is 35.5. The SMILES string of the molecule is O=C(c1ccc(Cc2ccc(N=NCc3ccccc3)cc2CCl)cc1)c1ccc(Cl)nc1. The Bertz CT molecular complexity index is 1260. The largest absolute Gasteiger partial charge is 0.289 e. The van der Waals surface area contributed by atoms with Gasteiger partial charge in [0.15, 0.2) is 5.78 Å². The topological polar surface area (TPSA) is 54.7 Å². The van der Waals surface area contributed by atoms with Crippen LogP contribution in [0.1, 0.15) is 38.2 Å². The van der Waals surface area contributed by atoms with Crippen molar-refractivity contribution in [2.24, 2.45) is 10.2 Å². The van der Waals surface area contributed by atoms with Crippen LogP contribution < -0.4 is 0 Å². The van der Waals surface area contributed by atoms with Crippen molar-refractivity contribution in [1.82, 2.24) is 4.98 Å². The first-order valence-electron chi connectivity index (χ1n) is 10.5. The van der Waals surface area contributed by atoms with E-state index in [1.165, 1.54) is 6.20 Å². The number of ketones is 1. The smallest absolute Gasteiger partial charge is 0.194 e. The average molecular weight is 474 g/mol. The van der Waals surface area contributed by atoms with E-state index in [-0.39, 0.29) is 5.78 Å². The number of alkyl halides is 1. The van der Waals surface area contributed by atoms with Crippen molar-refractivity contribution in [1.29, 1.82) is 0 Å². The van der Waals surface area contributed by atoms with Crippen molar-refractivity contribution >= 4 is 34.7 Å². The summed E-state index contributed by atoms with van der Waals surface area (Å²) >= 11 is 12.0. The molecule has 3 aromatic carbocycles. The highest BCUT2D eigenvalue weighted by Gasteiger charge is 2.10. The molecule has 4 rings (SSSR count). The molecule has 164 valence electrons. The van der Waals surface area contributed by atoms with E-state index in [1.807, 2.05) is 72.8 Å². The predicted molar refractivity (Wildman–Crippen MR) is 133 cm³/mol. The van der Waals surface area contributed by atoms with Gasteiger partial charge >= 0.3 is 0 Å². The fourth-order valence-corrected chi connectivity index (χ4v) is 3.78. The Morgan fingerprint density at radius 3 is 2.27 bits per heavy atom. The van der Waals surface area contributed by atoms with E-state index in [0.717, 1.165) is 27.9 Å². The maximum absolute atomic E-state index is 12.6. The molecule has 33 heavy (non-hydrogen) atoms. The second kappa shape index (κ2) is 11.0. The maximum Gasteiger partial charge on any atom is 0.194 e. The van der Waals surface area contributed by atoms with E-state index in [4.69, 9.17) is 23.2 Å². The second-order valence-electron chi connectivity index (χ2n) is 7.54. The fourth-order valence-electron chi connectivity index (χ4n) is 3.42. The fraction of sp³-hybridized carbons (Fsp3) is 0.111. The first kappa shape index (κ1) is 22.8. The van der Waals surface area contributed by atoms with Gasteiger partial charge in [-0.15, -0.1) is 11.6 Å². The van der Waals surface area contributed by atoms with Crippen molar-refractivity contribution < 1.29 is 4.79 Å². The molecule has 0 aliphatic rings. The van der Waals surface area contributed by atoms with E-state index in [1.54, 1.807) is 12.1 Å². The van der Waals surface area contributed by atoms with Crippen LogP contribution in [0, 0.1) is 0 Å². The molecule has 4 nitrogen and oxygen atoms in total. The molecule has 0 aliphatic heterocycles. The van der Waals surface area contributed by atoms with Gasteiger partial charge in [0.25, 0.3) is 0 Å². The van der Waals surface area contributed by atoms with Crippen molar-refractivity contribution in [2.75, 3.05) is 0 Å². The molecule has 0 fully saturated rings. The van der Waals surface area contributed by atoms with Gasteiger partial charge in [-0.1, -0.05) is 72.3 Å². The van der Waals surface area contributed by atoms with Crippen molar-refractivity contribution in [3.63, 3.8) is 0 Å². The zero-order valence-electron chi connectivity index (χ0n) is 17.8. The summed E-state index contributed by atoms with van der Waals surface area (Å²) in [6.07, 6.45) is 2.20. The van der Waals surface area contributed by atoms with Gasteiger partial charge in [0.2, 0.25) is 0 Å². The number of hydrogen-bond acceptors (Lipinski definition) is 4. The number of benzene rings is 3. The molecule has 0 unspecified atom stereocenters. The van der Waals surface area contributed by atoms with Gasteiger partial charge in [-0.25, -0.2) is 4.98 Å². The third-order valence-electron chi connectivity index (χ3n) is 5.22. The first-order chi connectivity index (χ1) is 16.1. The molecule has 0 aliphatic carbocycles. The van der Waals surface area contributed by atoms with E-state index >= 15 is 0 Å². The minimum atomic E-state index is -0.0858. The Hall–Kier alpha value is -3.34. The average Bonchev–Trinajstić information content (AvgIpc) is 2.86. The van der Waals surface area contributed by atoms with E-state index in [9.17, 15) is 4.79 Å². The summed E-state index contributed by atoms with van der Waals surface area (Å²) in [6.45, 7) is 0.538. The van der Waals surface area contributed by atoms with Gasteiger partial charge in [0, 0.05) is 23.2 Å². The van der Waals surface area contributed by atoms with Crippen LogP contribution in [0.2, 0.25) is 5.15 Å². The summed E-state index contributed by atoms with van der Waals surface area (Å²) in [5.74, 6) is 0.301. The number of aromatic nitrogens is 1. The van der Waals surface area contributed by atoms with Crippen molar-refractivity contribution in [3.8, 4) is 0 Å².